The lowest BCUT2D eigenvalue weighted by Crippen LogP contribution is -2.32. The number of nitrogens with zero attached hydrogens (tertiary/aromatic N) is 2. The highest BCUT2D eigenvalue weighted by Crippen LogP contribution is 2.28. The van der Waals surface area contributed by atoms with Crippen LogP contribution in [0.3, 0.4) is 0 Å². The molecule has 2 aromatic rings. The van der Waals surface area contributed by atoms with Crippen molar-refractivity contribution in [2.75, 3.05) is 32.1 Å². The Morgan fingerprint density at radius 1 is 1.42 bits per heavy atom. The number of amides is 1. The molecule has 0 spiro atoms. The molecule has 2 rings (SSSR count). The van der Waals surface area contributed by atoms with Gasteiger partial charge < -0.3 is 15.4 Å². The lowest BCUT2D eigenvalue weighted by molar-refractivity contribution is -0.120. The summed E-state index contributed by atoms with van der Waals surface area (Å²) in [5.74, 6) is 0.0125. The van der Waals surface area contributed by atoms with E-state index in [9.17, 15) is 4.79 Å². The van der Waals surface area contributed by atoms with Crippen LogP contribution in [0.5, 0.6) is 0 Å². The number of carbonyl (C=O) groups is 1. The van der Waals surface area contributed by atoms with Gasteiger partial charge in [-0.15, -0.1) is 21.5 Å². The van der Waals surface area contributed by atoms with Crippen LogP contribution >= 0.6 is 34.4 Å². The number of ether oxygens (including phenoxy) is 1. The van der Waals surface area contributed by atoms with E-state index in [4.69, 9.17) is 4.74 Å². The predicted molar refractivity (Wildman–Crippen MR) is 101 cm³/mol. The van der Waals surface area contributed by atoms with Gasteiger partial charge in [-0.25, -0.2) is 0 Å². The molecule has 0 aliphatic carbocycles. The van der Waals surface area contributed by atoms with Crippen LogP contribution in [0.25, 0.3) is 0 Å². The van der Waals surface area contributed by atoms with Gasteiger partial charge in [-0.1, -0.05) is 29.2 Å². The zero-order chi connectivity index (χ0) is 17.2. The van der Waals surface area contributed by atoms with Crippen LogP contribution in [0.1, 0.15) is 18.2 Å². The maximum absolute atomic E-state index is 12.0. The molecule has 0 saturated carbocycles. The molecule has 1 atom stereocenters. The Morgan fingerprint density at radius 2 is 2.29 bits per heavy atom. The summed E-state index contributed by atoms with van der Waals surface area (Å²) in [5.41, 5.74) is 0. The van der Waals surface area contributed by atoms with Crippen LogP contribution in [0.2, 0.25) is 0 Å². The third-order valence-electron chi connectivity index (χ3n) is 3.11. The van der Waals surface area contributed by atoms with E-state index < -0.39 is 0 Å². The first-order valence-corrected chi connectivity index (χ1v) is 10.3. The van der Waals surface area contributed by atoms with Crippen LogP contribution in [-0.4, -0.2) is 48.2 Å². The Bertz CT molecular complexity index is 604. The SMILES string of the molecule is COCCCNC(=O)C(C)Sc1nnc(NCCc2cccs2)s1. The fourth-order valence-corrected chi connectivity index (χ4v) is 4.51. The first kappa shape index (κ1) is 19.2. The van der Waals surface area contributed by atoms with E-state index in [1.165, 1.54) is 28.0 Å². The zero-order valence-electron chi connectivity index (χ0n) is 13.8. The molecule has 1 amide bonds. The normalized spacial score (nSPS) is 12.1. The molecular formula is C15H22N4O2S3. The van der Waals surface area contributed by atoms with E-state index in [-0.39, 0.29) is 11.2 Å². The summed E-state index contributed by atoms with van der Waals surface area (Å²) in [5, 5.41) is 17.1. The van der Waals surface area contributed by atoms with E-state index >= 15 is 0 Å². The number of hydrogen-bond acceptors (Lipinski definition) is 8. The van der Waals surface area contributed by atoms with Crippen molar-refractivity contribution in [3.05, 3.63) is 22.4 Å². The number of thioether (sulfide) groups is 1. The molecule has 2 heterocycles. The van der Waals surface area contributed by atoms with Gasteiger partial charge in [0.05, 0.1) is 5.25 Å². The summed E-state index contributed by atoms with van der Waals surface area (Å²) in [6, 6.07) is 4.18. The molecule has 0 fully saturated rings. The number of rotatable bonds is 11. The summed E-state index contributed by atoms with van der Waals surface area (Å²) in [6.45, 7) is 3.99. The minimum Gasteiger partial charge on any atom is -0.385 e. The van der Waals surface area contributed by atoms with Gasteiger partial charge in [0.25, 0.3) is 0 Å². The number of hydrogen-bond donors (Lipinski definition) is 2. The summed E-state index contributed by atoms with van der Waals surface area (Å²) >= 11 is 4.67. The summed E-state index contributed by atoms with van der Waals surface area (Å²) in [4.78, 5) is 13.3. The molecule has 0 aromatic carbocycles. The van der Waals surface area contributed by atoms with Crippen LogP contribution in [0.15, 0.2) is 21.9 Å². The molecule has 24 heavy (non-hydrogen) atoms. The molecule has 6 nitrogen and oxygen atoms in total. The summed E-state index contributed by atoms with van der Waals surface area (Å²) in [6.07, 6.45) is 1.79. The molecule has 2 aromatic heterocycles. The molecular weight excluding hydrogens is 364 g/mol. The number of anilines is 1. The van der Waals surface area contributed by atoms with Gasteiger partial charge >= 0.3 is 0 Å². The van der Waals surface area contributed by atoms with E-state index in [1.54, 1.807) is 18.4 Å². The van der Waals surface area contributed by atoms with Crippen LogP contribution in [0.4, 0.5) is 5.13 Å². The van der Waals surface area contributed by atoms with Crippen molar-refractivity contribution in [3.8, 4) is 0 Å². The molecule has 0 aliphatic heterocycles. The molecule has 0 bridgehead atoms. The number of nitrogens with one attached hydrogen (secondary N) is 2. The quantitative estimate of drug-likeness (QED) is 0.457. The maximum Gasteiger partial charge on any atom is 0.233 e. The maximum atomic E-state index is 12.0. The van der Waals surface area contributed by atoms with Gasteiger partial charge in [0.15, 0.2) is 4.34 Å². The molecule has 0 saturated heterocycles. The number of aromatic nitrogens is 2. The van der Waals surface area contributed by atoms with E-state index in [0.29, 0.717) is 13.2 Å². The Balaban J connectivity index is 1.69. The third kappa shape index (κ3) is 6.76. The van der Waals surface area contributed by atoms with Crippen molar-refractivity contribution < 1.29 is 9.53 Å². The van der Waals surface area contributed by atoms with E-state index in [2.05, 4.69) is 38.3 Å². The lowest BCUT2D eigenvalue weighted by atomic mass is 10.3. The molecule has 0 aliphatic rings. The fourth-order valence-electron chi connectivity index (χ4n) is 1.85. The minimum atomic E-state index is -0.195. The Hall–Kier alpha value is -1.16. The van der Waals surface area contributed by atoms with Gasteiger partial charge in [-0.2, -0.15) is 0 Å². The van der Waals surface area contributed by atoms with E-state index in [1.807, 2.05) is 6.92 Å². The second kappa shape index (κ2) is 10.7. The fraction of sp³-hybridized carbons (Fsp3) is 0.533. The first-order chi connectivity index (χ1) is 11.7. The van der Waals surface area contributed by atoms with Crippen LogP contribution in [0, 0.1) is 0 Å². The Kier molecular flexibility index (Phi) is 8.51. The monoisotopic (exact) mass is 386 g/mol. The van der Waals surface area contributed by atoms with Crippen molar-refractivity contribution in [1.29, 1.82) is 0 Å². The van der Waals surface area contributed by atoms with Gasteiger partial charge in [0.1, 0.15) is 0 Å². The number of thiophene rings is 1. The van der Waals surface area contributed by atoms with Crippen LogP contribution in [-0.2, 0) is 16.0 Å². The third-order valence-corrected chi connectivity index (χ3v) is 6.11. The molecule has 132 valence electrons. The lowest BCUT2D eigenvalue weighted by Gasteiger charge is -2.09. The Labute approximate surface area is 154 Å². The van der Waals surface area contributed by atoms with Crippen molar-refractivity contribution >= 4 is 45.5 Å². The highest BCUT2D eigenvalue weighted by Gasteiger charge is 2.16. The average Bonchev–Trinajstić information content (AvgIpc) is 3.23. The number of methoxy groups -OCH3 is 1. The van der Waals surface area contributed by atoms with E-state index in [0.717, 1.165) is 28.9 Å². The predicted octanol–water partition coefficient (Wildman–Crippen LogP) is 2.89. The first-order valence-electron chi connectivity index (χ1n) is 7.72. The van der Waals surface area contributed by atoms with Crippen LogP contribution < -0.4 is 10.6 Å². The summed E-state index contributed by atoms with van der Waals surface area (Å²) in [7, 11) is 1.65. The molecule has 2 N–H and O–H groups in total. The smallest absolute Gasteiger partial charge is 0.233 e. The summed E-state index contributed by atoms with van der Waals surface area (Å²) < 4.78 is 5.76. The topological polar surface area (TPSA) is 76.1 Å². The van der Waals surface area contributed by atoms with Crippen molar-refractivity contribution in [3.63, 3.8) is 0 Å². The van der Waals surface area contributed by atoms with Crippen molar-refractivity contribution in [2.45, 2.75) is 29.4 Å². The number of carbonyl (C=O) groups excluding carboxylic acids is 1. The standard InChI is InChI=1S/C15H22N4O2S3/c1-11(13(20)16-7-4-9-21-2)23-15-19-18-14(24-15)17-8-6-12-5-3-10-22-12/h3,5,10-11H,4,6-9H2,1-2H3,(H,16,20)(H,17,18). The van der Waals surface area contributed by atoms with Crippen molar-refractivity contribution in [1.82, 2.24) is 15.5 Å². The zero-order valence-corrected chi connectivity index (χ0v) is 16.2. The highest BCUT2D eigenvalue weighted by atomic mass is 32.2. The second-order valence-electron chi connectivity index (χ2n) is 5.03. The molecule has 1 unspecified atom stereocenters. The largest absolute Gasteiger partial charge is 0.385 e. The highest BCUT2D eigenvalue weighted by molar-refractivity contribution is 8.02. The van der Waals surface area contributed by atoms with Gasteiger partial charge in [0, 0.05) is 31.7 Å². The molecule has 0 radical (unpaired) electrons. The van der Waals surface area contributed by atoms with Crippen molar-refractivity contribution in [2.24, 2.45) is 0 Å². The van der Waals surface area contributed by atoms with Gasteiger partial charge in [-0.3, -0.25) is 4.79 Å². The van der Waals surface area contributed by atoms with Gasteiger partial charge in [0.2, 0.25) is 11.0 Å². The second-order valence-corrected chi connectivity index (χ2v) is 8.62. The Morgan fingerprint density at radius 3 is 3.04 bits per heavy atom. The van der Waals surface area contributed by atoms with Gasteiger partial charge in [-0.05, 0) is 31.2 Å². The average molecular weight is 387 g/mol. The molecule has 9 heteroatoms. The minimum absolute atomic E-state index is 0.0125.